The highest BCUT2D eigenvalue weighted by Crippen LogP contribution is 2.26. The molecule has 0 aliphatic heterocycles. The molecular formula is C27H26BrClN4O2. The number of amides is 2. The predicted molar refractivity (Wildman–Crippen MR) is 145 cm³/mol. The van der Waals surface area contributed by atoms with Crippen molar-refractivity contribution in [1.82, 2.24) is 14.5 Å². The van der Waals surface area contributed by atoms with Crippen LogP contribution in [0.15, 0.2) is 82.1 Å². The largest absolute Gasteiger partial charge is 0.322 e. The zero-order chi connectivity index (χ0) is 24.9. The number of rotatable bonds is 7. The Balaban J connectivity index is 1.74. The molecule has 0 aliphatic carbocycles. The Morgan fingerprint density at radius 2 is 1.83 bits per heavy atom. The number of urea groups is 1. The monoisotopic (exact) mass is 552 g/mol. The Morgan fingerprint density at radius 3 is 2.54 bits per heavy atom. The van der Waals surface area contributed by atoms with E-state index >= 15 is 0 Å². The lowest BCUT2D eigenvalue weighted by molar-refractivity contribution is 0.189. The molecule has 2 amide bonds. The lowest BCUT2D eigenvalue weighted by Gasteiger charge is -2.30. The third kappa shape index (κ3) is 5.57. The Labute approximate surface area is 217 Å². The van der Waals surface area contributed by atoms with Gasteiger partial charge in [0.2, 0.25) is 0 Å². The molecule has 4 rings (SSSR count). The first kappa shape index (κ1) is 24.9. The van der Waals surface area contributed by atoms with Gasteiger partial charge in [-0.2, -0.15) is 0 Å². The Morgan fingerprint density at radius 1 is 1.11 bits per heavy atom. The van der Waals surface area contributed by atoms with E-state index in [0.29, 0.717) is 46.9 Å². The number of fused-ring (bicyclic) bond motifs is 1. The van der Waals surface area contributed by atoms with Crippen molar-refractivity contribution < 1.29 is 4.79 Å². The number of hydrogen-bond donors (Lipinski definition) is 1. The van der Waals surface area contributed by atoms with Gasteiger partial charge in [0.1, 0.15) is 5.82 Å². The second-order valence-corrected chi connectivity index (χ2v) is 9.49. The molecule has 1 atom stereocenters. The van der Waals surface area contributed by atoms with E-state index in [0.717, 1.165) is 10.0 Å². The van der Waals surface area contributed by atoms with Gasteiger partial charge in [-0.15, -0.1) is 0 Å². The van der Waals surface area contributed by atoms with Crippen molar-refractivity contribution in [3.63, 3.8) is 0 Å². The van der Waals surface area contributed by atoms with E-state index < -0.39 is 6.04 Å². The predicted octanol–water partition coefficient (Wildman–Crippen LogP) is 6.67. The average molecular weight is 554 g/mol. The van der Waals surface area contributed by atoms with Crippen molar-refractivity contribution in [2.24, 2.45) is 0 Å². The lowest BCUT2D eigenvalue weighted by Crippen LogP contribution is -2.41. The molecule has 0 spiro atoms. The van der Waals surface area contributed by atoms with Gasteiger partial charge in [0.05, 0.1) is 22.6 Å². The topological polar surface area (TPSA) is 67.2 Å². The van der Waals surface area contributed by atoms with Crippen molar-refractivity contribution in [2.75, 3.05) is 11.9 Å². The summed E-state index contributed by atoms with van der Waals surface area (Å²) in [6, 6.07) is 21.8. The maximum atomic E-state index is 13.6. The highest BCUT2D eigenvalue weighted by Gasteiger charge is 2.26. The number of para-hydroxylation sites is 1. The fourth-order valence-corrected chi connectivity index (χ4v) is 4.64. The van der Waals surface area contributed by atoms with Crippen LogP contribution in [0.1, 0.15) is 31.3 Å². The van der Waals surface area contributed by atoms with Crippen LogP contribution in [-0.2, 0) is 13.0 Å². The number of anilines is 1. The van der Waals surface area contributed by atoms with E-state index in [1.807, 2.05) is 68.4 Å². The fourth-order valence-electron chi connectivity index (χ4n) is 4.09. The molecule has 35 heavy (non-hydrogen) atoms. The summed E-state index contributed by atoms with van der Waals surface area (Å²) in [5, 5.41) is 4.00. The van der Waals surface area contributed by atoms with E-state index in [9.17, 15) is 9.59 Å². The maximum absolute atomic E-state index is 13.6. The number of hydrogen-bond acceptors (Lipinski definition) is 3. The molecule has 0 saturated carbocycles. The Hall–Kier alpha value is -3.16. The van der Waals surface area contributed by atoms with E-state index in [1.165, 1.54) is 0 Å². The number of carbonyl (C=O) groups is 1. The number of aromatic nitrogens is 2. The van der Waals surface area contributed by atoms with Crippen LogP contribution < -0.4 is 10.9 Å². The van der Waals surface area contributed by atoms with Crippen LogP contribution >= 0.6 is 27.5 Å². The van der Waals surface area contributed by atoms with Gasteiger partial charge in [0.15, 0.2) is 0 Å². The highest BCUT2D eigenvalue weighted by molar-refractivity contribution is 9.10. The van der Waals surface area contributed by atoms with Crippen molar-refractivity contribution in [2.45, 2.75) is 32.9 Å². The van der Waals surface area contributed by atoms with Crippen LogP contribution in [-0.4, -0.2) is 27.0 Å². The molecule has 0 bridgehead atoms. The van der Waals surface area contributed by atoms with Crippen LogP contribution in [0.2, 0.25) is 5.02 Å². The third-order valence-corrected chi connectivity index (χ3v) is 6.89. The molecule has 0 radical (unpaired) electrons. The standard InChI is InChI=1S/C27H26BrClN4O2/c1-3-32-25(30-24-17-20(29)13-14-21(24)26(32)34)18(2)33(16-15-19-9-5-4-6-10-19)27(35)31-23-12-8-7-11-22(23)28/h4-14,17-18H,3,15-16H2,1-2H3,(H,31,35). The first-order chi connectivity index (χ1) is 16.9. The average Bonchev–Trinajstić information content (AvgIpc) is 2.85. The maximum Gasteiger partial charge on any atom is 0.322 e. The zero-order valence-corrected chi connectivity index (χ0v) is 21.9. The molecule has 6 nitrogen and oxygen atoms in total. The molecule has 1 aromatic heterocycles. The van der Waals surface area contributed by atoms with Crippen LogP contribution in [0.3, 0.4) is 0 Å². The van der Waals surface area contributed by atoms with E-state index in [4.69, 9.17) is 16.6 Å². The number of nitrogens with one attached hydrogen (secondary N) is 1. The minimum absolute atomic E-state index is 0.148. The fraction of sp³-hybridized carbons (Fsp3) is 0.222. The van der Waals surface area contributed by atoms with E-state index in [1.54, 1.807) is 27.7 Å². The summed E-state index contributed by atoms with van der Waals surface area (Å²) >= 11 is 9.68. The normalized spacial score (nSPS) is 11.9. The zero-order valence-electron chi connectivity index (χ0n) is 19.5. The van der Waals surface area contributed by atoms with E-state index in [2.05, 4.69) is 21.2 Å². The number of carbonyl (C=O) groups excluding carboxylic acids is 1. The SMILES string of the molecule is CCn1c(C(C)N(CCc2ccccc2)C(=O)Nc2ccccc2Br)nc2cc(Cl)ccc2c1=O. The second kappa shape index (κ2) is 11.1. The first-order valence-electron chi connectivity index (χ1n) is 11.4. The summed E-state index contributed by atoms with van der Waals surface area (Å²) in [4.78, 5) is 33.3. The van der Waals surface area contributed by atoms with Gasteiger partial charge in [0.25, 0.3) is 5.56 Å². The van der Waals surface area contributed by atoms with Crippen molar-refractivity contribution in [3.8, 4) is 0 Å². The summed E-state index contributed by atoms with van der Waals surface area (Å²) in [5.74, 6) is 0.516. The summed E-state index contributed by atoms with van der Waals surface area (Å²) in [5.41, 5.74) is 2.15. The van der Waals surface area contributed by atoms with Crippen molar-refractivity contribution in [3.05, 3.63) is 104 Å². The van der Waals surface area contributed by atoms with Gasteiger partial charge in [-0.3, -0.25) is 9.36 Å². The smallest absolute Gasteiger partial charge is 0.314 e. The Kier molecular flexibility index (Phi) is 7.88. The molecular weight excluding hydrogens is 528 g/mol. The Bertz CT molecular complexity index is 1410. The van der Waals surface area contributed by atoms with E-state index in [-0.39, 0.29) is 11.6 Å². The summed E-state index contributed by atoms with van der Waals surface area (Å²) in [6.45, 7) is 4.67. The molecule has 0 aliphatic rings. The molecule has 1 heterocycles. The van der Waals surface area contributed by atoms with Gasteiger partial charge >= 0.3 is 6.03 Å². The van der Waals surface area contributed by atoms with Gasteiger partial charge in [-0.25, -0.2) is 9.78 Å². The molecule has 180 valence electrons. The molecule has 8 heteroatoms. The number of benzene rings is 3. The molecule has 3 aromatic carbocycles. The van der Waals surface area contributed by atoms with Gasteiger partial charge in [0, 0.05) is 22.6 Å². The van der Waals surface area contributed by atoms with Crippen LogP contribution in [0, 0.1) is 0 Å². The summed E-state index contributed by atoms with van der Waals surface area (Å²) in [6.07, 6.45) is 0.657. The second-order valence-electron chi connectivity index (χ2n) is 8.20. The minimum Gasteiger partial charge on any atom is -0.314 e. The molecule has 4 aromatic rings. The van der Waals surface area contributed by atoms with Gasteiger partial charge in [-0.05, 0) is 72.1 Å². The van der Waals surface area contributed by atoms with Crippen LogP contribution in [0.4, 0.5) is 10.5 Å². The van der Waals surface area contributed by atoms with Crippen molar-refractivity contribution >= 4 is 50.2 Å². The first-order valence-corrected chi connectivity index (χ1v) is 12.6. The van der Waals surface area contributed by atoms with Gasteiger partial charge < -0.3 is 10.2 Å². The van der Waals surface area contributed by atoms with Crippen LogP contribution in [0.5, 0.6) is 0 Å². The third-order valence-electron chi connectivity index (χ3n) is 5.96. The minimum atomic E-state index is -0.475. The molecule has 0 fully saturated rings. The number of halogens is 2. The lowest BCUT2D eigenvalue weighted by atomic mass is 10.1. The van der Waals surface area contributed by atoms with Crippen LogP contribution in [0.25, 0.3) is 10.9 Å². The van der Waals surface area contributed by atoms with Gasteiger partial charge in [-0.1, -0.05) is 54.1 Å². The molecule has 1 N–H and O–H groups in total. The summed E-state index contributed by atoms with van der Waals surface area (Å²) < 4.78 is 2.41. The highest BCUT2D eigenvalue weighted by atomic mass is 79.9. The number of nitrogens with zero attached hydrogens (tertiary/aromatic N) is 3. The molecule has 0 saturated heterocycles. The van der Waals surface area contributed by atoms with Crippen molar-refractivity contribution in [1.29, 1.82) is 0 Å². The summed E-state index contributed by atoms with van der Waals surface area (Å²) in [7, 11) is 0. The molecule has 1 unspecified atom stereocenters. The quantitative estimate of drug-likeness (QED) is 0.278.